The van der Waals surface area contributed by atoms with Crippen LogP contribution < -0.4 is 10.6 Å². The molecular formula is C29H38N6O2. The molecule has 2 saturated carbocycles. The smallest absolute Gasteiger partial charge is 0.270 e. The Hall–Kier alpha value is -3.42. The quantitative estimate of drug-likeness (QED) is 0.342. The van der Waals surface area contributed by atoms with E-state index in [9.17, 15) is 9.59 Å². The van der Waals surface area contributed by atoms with Crippen LogP contribution in [0.2, 0.25) is 0 Å². The van der Waals surface area contributed by atoms with E-state index in [0.717, 1.165) is 53.9 Å². The maximum atomic E-state index is 13.7. The Morgan fingerprint density at radius 2 is 1.65 bits per heavy atom. The van der Waals surface area contributed by atoms with Crippen molar-refractivity contribution in [2.45, 2.75) is 78.3 Å². The number of aryl methyl sites for hydroxylation is 1. The summed E-state index contributed by atoms with van der Waals surface area (Å²) >= 11 is 0. The summed E-state index contributed by atoms with van der Waals surface area (Å²) in [6.07, 6.45) is 6.14. The molecule has 2 aliphatic rings. The summed E-state index contributed by atoms with van der Waals surface area (Å²) in [5.41, 5.74) is 5.45. The van der Waals surface area contributed by atoms with Gasteiger partial charge in [-0.3, -0.25) is 19.4 Å². The second-order valence-corrected chi connectivity index (χ2v) is 11.3. The van der Waals surface area contributed by atoms with E-state index in [1.807, 2.05) is 45.0 Å². The Labute approximate surface area is 218 Å². The molecule has 37 heavy (non-hydrogen) atoms. The summed E-state index contributed by atoms with van der Waals surface area (Å²) in [7, 11) is 0. The van der Waals surface area contributed by atoms with Crippen LogP contribution in [-0.4, -0.2) is 37.8 Å². The van der Waals surface area contributed by atoms with Gasteiger partial charge >= 0.3 is 0 Å². The van der Waals surface area contributed by atoms with Crippen molar-refractivity contribution in [1.29, 1.82) is 0 Å². The summed E-state index contributed by atoms with van der Waals surface area (Å²) < 4.78 is 1.70. The zero-order chi connectivity index (χ0) is 26.3. The summed E-state index contributed by atoms with van der Waals surface area (Å²) in [5, 5.41) is 18.1. The van der Waals surface area contributed by atoms with Crippen LogP contribution in [0.4, 0.5) is 5.69 Å². The topological polar surface area (TPSA) is 105 Å². The number of anilines is 1. The Bertz CT molecular complexity index is 1250. The Morgan fingerprint density at radius 1 is 1.00 bits per heavy atom. The fraction of sp³-hybridized carbons (Fsp3) is 0.517. The van der Waals surface area contributed by atoms with Crippen LogP contribution in [0.25, 0.3) is 11.1 Å². The molecule has 0 radical (unpaired) electrons. The zero-order valence-corrected chi connectivity index (χ0v) is 22.4. The van der Waals surface area contributed by atoms with Crippen LogP contribution in [0.15, 0.2) is 36.5 Å². The van der Waals surface area contributed by atoms with E-state index in [1.54, 1.807) is 16.9 Å². The molecule has 2 aliphatic carbocycles. The minimum Gasteiger partial charge on any atom is -0.339 e. The summed E-state index contributed by atoms with van der Waals surface area (Å²) in [5.74, 6) is 1.07. The average molecular weight is 503 g/mol. The number of carbonyl (C=O) groups excluding carboxylic acids is 2. The largest absolute Gasteiger partial charge is 0.339 e. The first-order valence-electron chi connectivity index (χ1n) is 13.5. The van der Waals surface area contributed by atoms with Crippen molar-refractivity contribution < 1.29 is 9.59 Å². The van der Waals surface area contributed by atoms with Crippen molar-refractivity contribution >= 4 is 17.5 Å². The Balaban J connectivity index is 1.36. The lowest BCUT2D eigenvalue weighted by Crippen LogP contribution is -2.50. The number of aromatic amines is 1. The predicted molar refractivity (Wildman–Crippen MR) is 144 cm³/mol. The van der Waals surface area contributed by atoms with Crippen molar-refractivity contribution in [2.75, 3.05) is 5.32 Å². The lowest BCUT2D eigenvalue weighted by molar-refractivity contribution is -0.119. The molecule has 1 aromatic carbocycles. The summed E-state index contributed by atoms with van der Waals surface area (Å²) in [6.45, 7) is 10.3. The molecule has 1 atom stereocenters. The number of nitrogens with zero attached hydrogens (tertiary/aromatic N) is 3. The second-order valence-electron chi connectivity index (χ2n) is 11.3. The predicted octanol–water partition coefficient (Wildman–Crippen LogP) is 5.46. The monoisotopic (exact) mass is 502 g/mol. The molecule has 8 nitrogen and oxygen atoms in total. The van der Waals surface area contributed by atoms with Gasteiger partial charge in [-0.25, -0.2) is 0 Å². The number of benzene rings is 1. The number of hydrogen-bond acceptors (Lipinski definition) is 4. The normalized spacial score (nSPS) is 16.4. The second kappa shape index (κ2) is 10.1. The molecule has 3 aromatic rings. The molecule has 0 bridgehead atoms. The molecule has 0 spiro atoms. The van der Waals surface area contributed by atoms with Crippen LogP contribution in [0.5, 0.6) is 0 Å². The summed E-state index contributed by atoms with van der Waals surface area (Å²) in [6, 6.07) is 9.10. The minimum absolute atomic E-state index is 0.0549. The van der Waals surface area contributed by atoms with Gasteiger partial charge in [0, 0.05) is 29.2 Å². The third kappa shape index (κ3) is 5.33. The molecule has 2 heterocycles. The van der Waals surface area contributed by atoms with Gasteiger partial charge in [-0.2, -0.15) is 10.2 Å². The number of H-pyrrole nitrogens is 1. The van der Waals surface area contributed by atoms with E-state index >= 15 is 0 Å². The van der Waals surface area contributed by atoms with Gasteiger partial charge in [0.2, 0.25) is 5.91 Å². The van der Waals surface area contributed by atoms with Gasteiger partial charge in [-0.15, -0.1) is 0 Å². The lowest BCUT2D eigenvalue weighted by Gasteiger charge is -2.28. The van der Waals surface area contributed by atoms with Gasteiger partial charge < -0.3 is 10.6 Å². The first-order chi connectivity index (χ1) is 17.7. The number of nitrogens with one attached hydrogen (secondary N) is 3. The van der Waals surface area contributed by atoms with Crippen LogP contribution in [0.1, 0.15) is 87.2 Å². The van der Waals surface area contributed by atoms with E-state index in [1.165, 1.54) is 0 Å². The third-order valence-electron chi connectivity index (χ3n) is 7.64. The highest BCUT2D eigenvalue weighted by Gasteiger charge is 2.48. The van der Waals surface area contributed by atoms with Gasteiger partial charge in [0.1, 0.15) is 11.7 Å². The molecule has 3 N–H and O–H groups in total. The van der Waals surface area contributed by atoms with Crippen molar-refractivity contribution in [3.63, 3.8) is 0 Å². The number of amides is 2. The highest BCUT2D eigenvalue weighted by atomic mass is 16.2. The van der Waals surface area contributed by atoms with E-state index < -0.39 is 6.04 Å². The summed E-state index contributed by atoms with van der Waals surface area (Å²) in [4.78, 5) is 27.0. The third-order valence-corrected chi connectivity index (χ3v) is 7.64. The number of hydrogen-bond donors (Lipinski definition) is 3. The zero-order valence-electron chi connectivity index (χ0n) is 22.4. The molecule has 8 heteroatoms. The number of carbonyl (C=O) groups is 2. The Morgan fingerprint density at radius 3 is 2.22 bits per heavy atom. The molecule has 1 unspecified atom stereocenters. The van der Waals surface area contributed by atoms with Crippen LogP contribution in [0.3, 0.4) is 0 Å². The van der Waals surface area contributed by atoms with E-state index in [2.05, 4.69) is 39.8 Å². The van der Waals surface area contributed by atoms with Gasteiger partial charge in [0.15, 0.2) is 0 Å². The van der Waals surface area contributed by atoms with Gasteiger partial charge in [0.05, 0.1) is 5.69 Å². The molecule has 2 amide bonds. The number of rotatable bonds is 10. The van der Waals surface area contributed by atoms with Crippen LogP contribution >= 0.6 is 0 Å². The molecule has 0 saturated heterocycles. The lowest BCUT2D eigenvalue weighted by atomic mass is 9.88. The van der Waals surface area contributed by atoms with Gasteiger partial charge in [0.25, 0.3) is 5.91 Å². The fourth-order valence-electron chi connectivity index (χ4n) is 5.52. The molecule has 0 aliphatic heterocycles. The SMILES string of the molecule is Cc1[nH]nc(C(C)C)c1-c1ccc(NC(=O)C(NC(=O)c2ccnn2C(C)C)C(C2CC2)C2CC2)cc1. The highest BCUT2D eigenvalue weighted by Crippen LogP contribution is 2.51. The molecular weight excluding hydrogens is 464 g/mol. The van der Waals surface area contributed by atoms with Gasteiger partial charge in [-0.1, -0.05) is 26.0 Å². The fourth-order valence-corrected chi connectivity index (χ4v) is 5.52. The molecule has 196 valence electrons. The maximum absolute atomic E-state index is 13.7. The van der Waals surface area contributed by atoms with E-state index in [-0.39, 0.29) is 23.8 Å². The first kappa shape index (κ1) is 25.2. The number of aromatic nitrogens is 4. The first-order valence-corrected chi connectivity index (χ1v) is 13.5. The van der Waals surface area contributed by atoms with Crippen molar-refractivity contribution in [2.24, 2.45) is 17.8 Å². The average Bonchev–Trinajstić information content (AvgIpc) is 3.79. The standard InChI is InChI=1S/C29H38N6O2/c1-16(2)26-24(18(5)33-34-26)19-10-12-22(13-11-19)31-29(37)27(25(20-6-7-20)21-8-9-21)32-28(36)23-14-15-30-35(23)17(3)4/h10-17,20-21,25,27H,6-9H2,1-5H3,(H,31,37)(H,32,36)(H,33,34). The molecule has 5 rings (SSSR count). The maximum Gasteiger partial charge on any atom is 0.270 e. The van der Waals surface area contributed by atoms with Crippen LogP contribution in [0, 0.1) is 24.7 Å². The van der Waals surface area contributed by atoms with Crippen LogP contribution in [-0.2, 0) is 4.79 Å². The Kier molecular flexibility index (Phi) is 6.92. The van der Waals surface area contributed by atoms with E-state index in [0.29, 0.717) is 23.4 Å². The minimum atomic E-state index is -0.577. The van der Waals surface area contributed by atoms with Gasteiger partial charge in [-0.05, 0) is 93.9 Å². The van der Waals surface area contributed by atoms with Crippen molar-refractivity contribution in [1.82, 2.24) is 25.3 Å². The molecule has 2 aromatic heterocycles. The van der Waals surface area contributed by atoms with Crippen molar-refractivity contribution in [3.8, 4) is 11.1 Å². The molecule has 2 fully saturated rings. The van der Waals surface area contributed by atoms with E-state index in [4.69, 9.17) is 0 Å². The van der Waals surface area contributed by atoms with Crippen molar-refractivity contribution in [3.05, 3.63) is 53.6 Å². The highest BCUT2D eigenvalue weighted by molar-refractivity contribution is 6.01.